The third-order valence-corrected chi connectivity index (χ3v) is 4.57. The van der Waals surface area contributed by atoms with E-state index in [0.717, 1.165) is 30.8 Å². The van der Waals surface area contributed by atoms with Gasteiger partial charge in [0.1, 0.15) is 18.8 Å². The Hall–Kier alpha value is -1.68. The van der Waals surface area contributed by atoms with Crippen molar-refractivity contribution in [3.63, 3.8) is 0 Å². The lowest BCUT2D eigenvalue weighted by Crippen LogP contribution is -3.12. The highest BCUT2D eigenvalue weighted by atomic mass is 16.5. The third-order valence-electron chi connectivity index (χ3n) is 4.57. The Labute approximate surface area is 152 Å². The standard InChI is InChI=1S/C22H31NO2/c1-3-5-16-23(4-2)17-21(24)18-25-22(19-12-8-6-9-13-19)20-14-10-7-11-15-20/h6-15,21-22,24H,3-5,16-18H2,1-2H3/p+1/t21-/m0/s1. The summed E-state index contributed by atoms with van der Waals surface area (Å²) < 4.78 is 6.16. The number of ether oxygens (including phenoxy) is 1. The van der Waals surface area contributed by atoms with Gasteiger partial charge < -0.3 is 14.7 Å². The van der Waals surface area contributed by atoms with Gasteiger partial charge in [-0.2, -0.15) is 0 Å². The molecule has 0 amide bonds. The fraction of sp³-hybridized carbons (Fsp3) is 0.455. The van der Waals surface area contributed by atoms with Crippen LogP contribution in [0.3, 0.4) is 0 Å². The van der Waals surface area contributed by atoms with Gasteiger partial charge in [0.2, 0.25) is 0 Å². The molecule has 2 aromatic carbocycles. The van der Waals surface area contributed by atoms with Crippen LogP contribution in [-0.2, 0) is 4.74 Å². The quantitative estimate of drug-likeness (QED) is 0.658. The first-order chi connectivity index (χ1) is 12.2. The average Bonchev–Trinajstić information content (AvgIpc) is 2.67. The van der Waals surface area contributed by atoms with Crippen LogP contribution in [0.1, 0.15) is 43.9 Å². The summed E-state index contributed by atoms with van der Waals surface area (Å²) in [6.45, 7) is 7.63. The van der Waals surface area contributed by atoms with E-state index < -0.39 is 6.10 Å². The van der Waals surface area contributed by atoms with Crippen molar-refractivity contribution in [2.24, 2.45) is 0 Å². The molecule has 0 radical (unpaired) electrons. The molecular weight excluding hydrogens is 310 g/mol. The second kappa shape index (κ2) is 11.0. The summed E-state index contributed by atoms with van der Waals surface area (Å²) in [4.78, 5) is 1.44. The maximum atomic E-state index is 10.4. The molecule has 3 nitrogen and oxygen atoms in total. The van der Waals surface area contributed by atoms with E-state index in [0.29, 0.717) is 6.61 Å². The summed E-state index contributed by atoms with van der Waals surface area (Å²) in [6, 6.07) is 20.4. The normalized spacial score (nSPS) is 13.8. The maximum Gasteiger partial charge on any atom is 0.126 e. The summed E-state index contributed by atoms with van der Waals surface area (Å²) in [7, 11) is 0. The van der Waals surface area contributed by atoms with Crippen molar-refractivity contribution in [3.05, 3.63) is 71.8 Å². The summed E-state index contributed by atoms with van der Waals surface area (Å²) >= 11 is 0. The molecule has 0 spiro atoms. The number of hydrogen-bond acceptors (Lipinski definition) is 2. The van der Waals surface area contributed by atoms with Crippen LogP contribution in [0.4, 0.5) is 0 Å². The molecule has 0 aliphatic rings. The number of unbranched alkanes of at least 4 members (excludes halogenated alkanes) is 1. The largest absolute Gasteiger partial charge is 0.385 e. The third kappa shape index (κ3) is 6.62. The van der Waals surface area contributed by atoms with Crippen LogP contribution in [0, 0.1) is 0 Å². The highest BCUT2D eigenvalue weighted by Crippen LogP contribution is 2.25. The minimum absolute atomic E-state index is 0.141. The molecule has 2 aromatic rings. The van der Waals surface area contributed by atoms with Crippen molar-refractivity contribution in [2.45, 2.75) is 38.9 Å². The molecule has 25 heavy (non-hydrogen) atoms. The Morgan fingerprint density at radius 2 is 1.48 bits per heavy atom. The topological polar surface area (TPSA) is 33.9 Å². The minimum atomic E-state index is -0.443. The molecule has 0 aliphatic carbocycles. The lowest BCUT2D eigenvalue weighted by atomic mass is 10.0. The summed E-state index contributed by atoms with van der Waals surface area (Å²) in [5.41, 5.74) is 2.23. The number of benzene rings is 2. The van der Waals surface area contributed by atoms with Crippen LogP contribution in [0.5, 0.6) is 0 Å². The van der Waals surface area contributed by atoms with Crippen LogP contribution < -0.4 is 4.90 Å². The van der Waals surface area contributed by atoms with E-state index in [2.05, 4.69) is 38.1 Å². The van der Waals surface area contributed by atoms with E-state index in [1.165, 1.54) is 17.7 Å². The van der Waals surface area contributed by atoms with Gasteiger partial charge in [-0.25, -0.2) is 0 Å². The predicted octanol–water partition coefficient (Wildman–Crippen LogP) is 2.86. The van der Waals surface area contributed by atoms with Crippen LogP contribution in [0.15, 0.2) is 60.7 Å². The second-order valence-electron chi connectivity index (χ2n) is 6.60. The van der Waals surface area contributed by atoms with Crippen LogP contribution >= 0.6 is 0 Å². The zero-order chi connectivity index (χ0) is 17.9. The lowest BCUT2D eigenvalue weighted by molar-refractivity contribution is -0.901. The molecule has 2 N–H and O–H groups in total. The van der Waals surface area contributed by atoms with Gasteiger partial charge in [-0.05, 0) is 24.5 Å². The molecule has 0 heterocycles. The van der Waals surface area contributed by atoms with Gasteiger partial charge in [-0.1, -0.05) is 74.0 Å². The van der Waals surface area contributed by atoms with Crippen LogP contribution in [-0.4, -0.2) is 37.5 Å². The maximum absolute atomic E-state index is 10.4. The molecule has 0 saturated heterocycles. The fourth-order valence-electron chi connectivity index (χ4n) is 3.09. The van der Waals surface area contributed by atoms with Crippen molar-refractivity contribution >= 4 is 0 Å². The predicted molar refractivity (Wildman–Crippen MR) is 103 cm³/mol. The number of hydrogen-bond donors (Lipinski definition) is 2. The summed E-state index contributed by atoms with van der Waals surface area (Å²) in [5, 5.41) is 10.4. The molecule has 0 aromatic heterocycles. The number of likely N-dealkylation sites (N-methyl/N-ethyl adjacent to an activating group) is 1. The molecule has 0 bridgehead atoms. The zero-order valence-corrected chi connectivity index (χ0v) is 15.5. The van der Waals surface area contributed by atoms with E-state index in [1.807, 2.05) is 36.4 Å². The average molecular weight is 343 g/mol. The van der Waals surface area contributed by atoms with E-state index >= 15 is 0 Å². The number of aliphatic hydroxyl groups excluding tert-OH is 1. The van der Waals surface area contributed by atoms with E-state index in [9.17, 15) is 5.11 Å². The van der Waals surface area contributed by atoms with Gasteiger partial charge in [0.15, 0.2) is 0 Å². The molecule has 0 fully saturated rings. The number of nitrogens with one attached hydrogen (secondary N) is 1. The van der Waals surface area contributed by atoms with Crippen molar-refractivity contribution in [1.82, 2.24) is 0 Å². The van der Waals surface area contributed by atoms with Crippen molar-refractivity contribution < 1.29 is 14.7 Å². The first-order valence-corrected chi connectivity index (χ1v) is 9.47. The van der Waals surface area contributed by atoms with Crippen molar-refractivity contribution in [1.29, 1.82) is 0 Å². The Morgan fingerprint density at radius 3 is 1.96 bits per heavy atom. The Balaban J connectivity index is 1.98. The number of aliphatic hydroxyl groups is 1. The fourth-order valence-corrected chi connectivity index (χ4v) is 3.09. The first-order valence-electron chi connectivity index (χ1n) is 9.47. The molecule has 3 heteroatoms. The summed E-state index contributed by atoms with van der Waals surface area (Å²) in [6.07, 6.45) is 1.81. The van der Waals surface area contributed by atoms with Crippen molar-refractivity contribution in [2.75, 3.05) is 26.2 Å². The molecule has 2 atom stereocenters. The Morgan fingerprint density at radius 1 is 0.920 bits per heavy atom. The van der Waals surface area contributed by atoms with Crippen LogP contribution in [0.2, 0.25) is 0 Å². The number of quaternary nitrogens is 1. The monoisotopic (exact) mass is 342 g/mol. The molecule has 0 saturated carbocycles. The highest BCUT2D eigenvalue weighted by molar-refractivity contribution is 5.29. The first kappa shape index (κ1) is 19.6. The second-order valence-corrected chi connectivity index (χ2v) is 6.60. The molecular formula is C22H32NO2+. The molecule has 136 valence electrons. The van der Waals surface area contributed by atoms with Gasteiger partial charge in [0, 0.05) is 0 Å². The van der Waals surface area contributed by atoms with E-state index in [4.69, 9.17) is 4.74 Å². The Kier molecular flexibility index (Phi) is 8.67. The van der Waals surface area contributed by atoms with Gasteiger partial charge in [0.05, 0.1) is 19.7 Å². The minimum Gasteiger partial charge on any atom is -0.385 e. The van der Waals surface area contributed by atoms with Gasteiger partial charge in [-0.15, -0.1) is 0 Å². The van der Waals surface area contributed by atoms with E-state index in [1.54, 1.807) is 0 Å². The van der Waals surface area contributed by atoms with Crippen LogP contribution in [0.25, 0.3) is 0 Å². The Bertz CT molecular complexity index is 534. The molecule has 0 aliphatic heterocycles. The summed E-state index contributed by atoms with van der Waals surface area (Å²) in [5.74, 6) is 0. The zero-order valence-electron chi connectivity index (χ0n) is 15.5. The smallest absolute Gasteiger partial charge is 0.126 e. The van der Waals surface area contributed by atoms with Crippen molar-refractivity contribution in [3.8, 4) is 0 Å². The van der Waals surface area contributed by atoms with E-state index in [-0.39, 0.29) is 6.10 Å². The molecule has 2 rings (SSSR count). The van der Waals surface area contributed by atoms with Gasteiger partial charge >= 0.3 is 0 Å². The van der Waals surface area contributed by atoms with Gasteiger partial charge in [0.25, 0.3) is 0 Å². The lowest BCUT2D eigenvalue weighted by Gasteiger charge is -2.24. The van der Waals surface area contributed by atoms with Gasteiger partial charge in [-0.3, -0.25) is 0 Å². The number of rotatable bonds is 11. The SMILES string of the molecule is CCCC[NH+](CC)C[C@H](O)COC(c1ccccc1)c1ccccc1. The highest BCUT2D eigenvalue weighted by Gasteiger charge is 2.19. The molecule has 1 unspecified atom stereocenters.